The maximum atomic E-state index is 5.21. The molecule has 0 spiro atoms. The summed E-state index contributed by atoms with van der Waals surface area (Å²) in [4.78, 5) is 4.09. The van der Waals surface area contributed by atoms with Gasteiger partial charge in [-0.15, -0.1) is 0 Å². The first kappa shape index (κ1) is 7.32. The molecule has 1 rings (SSSR count). The molecule has 2 heteroatoms. The van der Waals surface area contributed by atoms with E-state index in [1.165, 1.54) is 6.39 Å². The molecule has 0 saturated heterocycles. The van der Waals surface area contributed by atoms with E-state index in [-0.39, 0.29) is 0 Å². The molecule has 0 amide bonds. The van der Waals surface area contributed by atoms with Gasteiger partial charge in [0.1, 0.15) is 5.76 Å². The second-order valence-electron chi connectivity index (χ2n) is 2.67. The third kappa shape index (κ3) is 1.20. The summed E-state index contributed by atoms with van der Waals surface area (Å²) < 4.78 is 5.21. The summed E-state index contributed by atoms with van der Waals surface area (Å²) >= 11 is 0. The molecule has 10 heavy (non-hydrogen) atoms. The Morgan fingerprint density at radius 3 is 2.70 bits per heavy atom. The molecule has 2 nitrogen and oxygen atoms in total. The van der Waals surface area contributed by atoms with Crippen LogP contribution in [-0.2, 0) is 6.42 Å². The summed E-state index contributed by atoms with van der Waals surface area (Å²) in [7, 11) is 0. The minimum atomic E-state index is 0.456. The van der Waals surface area contributed by atoms with Crippen LogP contribution in [0.1, 0.15) is 38.1 Å². The van der Waals surface area contributed by atoms with E-state index in [0.29, 0.717) is 5.92 Å². The zero-order chi connectivity index (χ0) is 7.56. The first-order chi connectivity index (χ1) is 4.75. The molecular formula is C8H13NO. The number of aromatic nitrogens is 1. The van der Waals surface area contributed by atoms with Gasteiger partial charge >= 0.3 is 0 Å². The predicted octanol–water partition coefficient (Wildman–Crippen LogP) is 2.36. The zero-order valence-electron chi connectivity index (χ0n) is 6.72. The number of hydrogen-bond acceptors (Lipinski definition) is 2. The van der Waals surface area contributed by atoms with Crippen LogP contribution in [-0.4, -0.2) is 4.98 Å². The molecule has 0 atom stereocenters. The van der Waals surface area contributed by atoms with Crippen LogP contribution >= 0.6 is 0 Å². The Labute approximate surface area is 61.3 Å². The van der Waals surface area contributed by atoms with Crippen LogP contribution in [0.5, 0.6) is 0 Å². The molecule has 0 bridgehead atoms. The number of nitrogens with zero attached hydrogens (tertiary/aromatic N) is 1. The first-order valence-electron chi connectivity index (χ1n) is 3.68. The topological polar surface area (TPSA) is 26.0 Å². The summed E-state index contributed by atoms with van der Waals surface area (Å²) in [5, 5.41) is 0. The average Bonchev–Trinajstić information content (AvgIpc) is 2.33. The molecule has 0 unspecified atom stereocenters. The van der Waals surface area contributed by atoms with Crippen LogP contribution in [0.3, 0.4) is 0 Å². The Hall–Kier alpha value is -0.790. The van der Waals surface area contributed by atoms with E-state index in [0.717, 1.165) is 17.9 Å². The van der Waals surface area contributed by atoms with E-state index in [1.807, 2.05) is 0 Å². The SMILES string of the molecule is CCc1ncoc1C(C)C. The summed E-state index contributed by atoms with van der Waals surface area (Å²) in [5.41, 5.74) is 1.09. The van der Waals surface area contributed by atoms with Crippen molar-refractivity contribution in [2.24, 2.45) is 0 Å². The van der Waals surface area contributed by atoms with E-state index < -0.39 is 0 Å². The predicted molar refractivity (Wildman–Crippen MR) is 40.0 cm³/mol. The highest BCUT2D eigenvalue weighted by Gasteiger charge is 2.08. The van der Waals surface area contributed by atoms with Gasteiger partial charge in [-0.3, -0.25) is 0 Å². The number of rotatable bonds is 2. The Morgan fingerprint density at radius 1 is 1.60 bits per heavy atom. The van der Waals surface area contributed by atoms with Crippen molar-refractivity contribution in [3.63, 3.8) is 0 Å². The standard InChI is InChI=1S/C8H13NO/c1-4-7-8(6(2)3)10-5-9-7/h5-6H,4H2,1-3H3. The maximum Gasteiger partial charge on any atom is 0.181 e. The first-order valence-corrected chi connectivity index (χ1v) is 3.68. The van der Waals surface area contributed by atoms with E-state index in [2.05, 4.69) is 25.8 Å². The Balaban J connectivity index is 2.90. The molecular weight excluding hydrogens is 126 g/mol. The molecule has 0 saturated carbocycles. The molecule has 0 aliphatic carbocycles. The Kier molecular flexibility index (Phi) is 2.10. The average molecular weight is 139 g/mol. The van der Waals surface area contributed by atoms with Gasteiger partial charge in [0.25, 0.3) is 0 Å². The van der Waals surface area contributed by atoms with E-state index in [4.69, 9.17) is 4.42 Å². The van der Waals surface area contributed by atoms with Crippen LogP contribution in [0.4, 0.5) is 0 Å². The lowest BCUT2D eigenvalue weighted by molar-refractivity contribution is 0.479. The Morgan fingerprint density at radius 2 is 2.30 bits per heavy atom. The second-order valence-corrected chi connectivity index (χ2v) is 2.67. The van der Waals surface area contributed by atoms with Gasteiger partial charge in [-0.2, -0.15) is 0 Å². The molecule has 0 fully saturated rings. The molecule has 0 radical (unpaired) electrons. The van der Waals surface area contributed by atoms with Crippen molar-refractivity contribution in [3.8, 4) is 0 Å². The summed E-state index contributed by atoms with van der Waals surface area (Å²) in [6, 6.07) is 0. The van der Waals surface area contributed by atoms with Crippen molar-refractivity contribution in [2.75, 3.05) is 0 Å². The lowest BCUT2D eigenvalue weighted by atomic mass is 10.1. The molecule has 0 aliphatic rings. The quantitative estimate of drug-likeness (QED) is 0.628. The lowest BCUT2D eigenvalue weighted by Gasteiger charge is -1.99. The van der Waals surface area contributed by atoms with E-state index in [9.17, 15) is 0 Å². The fourth-order valence-electron chi connectivity index (χ4n) is 1.01. The summed E-state index contributed by atoms with van der Waals surface area (Å²) in [5.74, 6) is 1.49. The van der Waals surface area contributed by atoms with Gasteiger partial charge in [0.15, 0.2) is 6.39 Å². The second kappa shape index (κ2) is 2.86. The van der Waals surface area contributed by atoms with E-state index in [1.54, 1.807) is 0 Å². The van der Waals surface area contributed by atoms with Crippen LogP contribution < -0.4 is 0 Å². The van der Waals surface area contributed by atoms with Crippen molar-refractivity contribution in [2.45, 2.75) is 33.1 Å². The summed E-state index contributed by atoms with van der Waals surface area (Å²) in [6.45, 7) is 6.31. The van der Waals surface area contributed by atoms with Crippen LogP contribution in [0.15, 0.2) is 10.8 Å². The molecule has 1 aromatic rings. The van der Waals surface area contributed by atoms with Crippen molar-refractivity contribution in [1.29, 1.82) is 0 Å². The summed E-state index contributed by atoms with van der Waals surface area (Å²) in [6.07, 6.45) is 2.48. The highest BCUT2D eigenvalue weighted by molar-refractivity contribution is 5.10. The van der Waals surface area contributed by atoms with Crippen LogP contribution in [0.25, 0.3) is 0 Å². The van der Waals surface area contributed by atoms with Crippen molar-refractivity contribution < 1.29 is 4.42 Å². The van der Waals surface area contributed by atoms with Gasteiger partial charge < -0.3 is 4.42 Å². The van der Waals surface area contributed by atoms with Crippen molar-refractivity contribution in [3.05, 3.63) is 17.8 Å². The van der Waals surface area contributed by atoms with Crippen LogP contribution in [0, 0.1) is 0 Å². The highest BCUT2D eigenvalue weighted by Crippen LogP contribution is 2.17. The van der Waals surface area contributed by atoms with Gasteiger partial charge in [0.2, 0.25) is 0 Å². The molecule has 56 valence electrons. The van der Waals surface area contributed by atoms with Crippen molar-refractivity contribution in [1.82, 2.24) is 4.98 Å². The lowest BCUT2D eigenvalue weighted by Crippen LogP contribution is -1.90. The highest BCUT2D eigenvalue weighted by atomic mass is 16.3. The third-order valence-corrected chi connectivity index (χ3v) is 1.53. The van der Waals surface area contributed by atoms with Gasteiger partial charge in [0, 0.05) is 5.92 Å². The minimum absolute atomic E-state index is 0.456. The van der Waals surface area contributed by atoms with Gasteiger partial charge in [0.05, 0.1) is 5.69 Å². The molecule has 0 N–H and O–H groups in total. The van der Waals surface area contributed by atoms with Gasteiger partial charge in [-0.1, -0.05) is 20.8 Å². The monoisotopic (exact) mass is 139 g/mol. The normalized spacial score (nSPS) is 10.8. The van der Waals surface area contributed by atoms with Gasteiger partial charge in [-0.25, -0.2) is 4.98 Å². The molecule has 0 aliphatic heterocycles. The van der Waals surface area contributed by atoms with E-state index >= 15 is 0 Å². The maximum absolute atomic E-state index is 5.21. The molecule has 1 aromatic heterocycles. The zero-order valence-corrected chi connectivity index (χ0v) is 6.72. The molecule has 1 heterocycles. The number of aryl methyl sites for hydroxylation is 1. The minimum Gasteiger partial charge on any atom is -0.448 e. The number of hydrogen-bond donors (Lipinski definition) is 0. The smallest absolute Gasteiger partial charge is 0.181 e. The largest absolute Gasteiger partial charge is 0.448 e. The Bertz CT molecular complexity index is 203. The van der Waals surface area contributed by atoms with Crippen molar-refractivity contribution >= 4 is 0 Å². The fraction of sp³-hybridized carbons (Fsp3) is 0.625. The number of oxazole rings is 1. The van der Waals surface area contributed by atoms with Gasteiger partial charge in [-0.05, 0) is 6.42 Å². The fourth-order valence-corrected chi connectivity index (χ4v) is 1.01. The third-order valence-electron chi connectivity index (χ3n) is 1.53. The van der Waals surface area contributed by atoms with Crippen LogP contribution in [0.2, 0.25) is 0 Å². The molecule has 0 aromatic carbocycles.